The van der Waals surface area contributed by atoms with Gasteiger partial charge in [-0.25, -0.2) is 4.79 Å². The third kappa shape index (κ3) is 2.44. The van der Waals surface area contributed by atoms with E-state index >= 15 is 0 Å². The number of ether oxygens (including phenoxy) is 1. The van der Waals surface area contributed by atoms with Gasteiger partial charge < -0.3 is 9.84 Å². The first-order valence-corrected chi connectivity index (χ1v) is 6.08. The molecule has 1 aromatic heterocycles. The molecule has 20 heavy (non-hydrogen) atoms. The number of phenols is 1. The van der Waals surface area contributed by atoms with Crippen LogP contribution in [0.1, 0.15) is 10.4 Å². The molecule has 0 aliphatic rings. The molecule has 2 aromatic carbocycles. The number of fused-ring (bicyclic) bond motifs is 1. The third-order valence-electron chi connectivity index (χ3n) is 2.87. The Morgan fingerprint density at radius 3 is 2.60 bits per heavy atom. The number of rotatable bonds is 2. The summed E-state index contributed by atoms with van der Waals surface area (Å²) in [5.41, 5.74) is 1.21. The maximum atomic E-state index is 12.0. The number of para-hydroxylation sites is 1. The lowest BCUT2D eigenvalue weighted by atomic mass is 10.1. The molecule has 0 spiro atoms. The summed E-state index contributed by atoms with van der Waals surface area (Å²) in [6, 6.07) is 15.3. The van der Waals surface area contributed by atoms with E-state index in [1.807, 2.05) is 24.3 Å². The van der Waals surface area contributed by atoms with Crippen LogP contribution in [0.3, 0.4) is 0 Å². The Hall–Kier alpha value is -2.88. The maximum Gasteiger partial charge on any atom is 0.345 e. The first kappa shape index (κ1) is 12.2. The van der Waals surface area contributed by atoms with Gasteiger partial charge in [-0.15, -0.1) is 0 Å². The predicted octanol–water partition coefficient (Wildman–Crippen LogP) is 3.16. The number of esters is 1. The highest BCUT2D eigenvalue weighted by Gasteiger charge is 2.10. The Bertz CT molecular complexity index is 766. The molecular formula is C16H11NO3. The summed E-state index contributed by atoms with van der Waals surface area (Å²) in [6.07, 6.45) is 1.49. The molecule has 3 rings (SSSR count). The van der Waals surface area contributed by atoms with Crippen LogP contribution in [0.15, 0.2) is 60.8 Å². The molecule has 0 saturated heterocycles. The van der Waals surface area contributed by atoms with Gasteiger partial charge in [-0.05, 0) is 36.4 Å². The van der Waals surface area contributed by atoms with Crippen LogP contribution in [0.5, 0.6) is 11.5 Å². The largest absolute Gasteiger partial charge is 0.508 e. The molecule has 0 radical (unpaired) electrons. The fraction of sp³-hybridized carbons (Fsp3) is 0. The summed E-state index contributed by atoms with van der Waals surface area (Å²) < 4.78 is 5.21. The first-order valence-electron chi connectivity index (χ1n) is 6.08. The standard InChI is InChI=1S/C16H11NO3/c18-13-5-7-14(8-6-13)20-16(19)12-9-11-3-1-2-4-15(11)17-10-12/h1-10,18H. The molecule has 1 N–H and O–H groups in total. The number of aromatic nitrogens is 1. The van der Waals surface area contributed by atoms with Crippen molar-refractivity contribution in [2.75, 3.05) is 0 Å². The third-order valence-corrected chi connectivity index (χ3v) is 2.87. The summed E-state index contributed by atoms with van der Waals surface area (Å²) in [5, 5.41) is 10.1. The molecule has 0 fully saturated rings. The molecule has 0 bridgehead atoms. The summed E-state index contributed by atoms with van der Waals surface area (Å²) in [5.74, 6) is 0.0204. The molecule has 0 unspecified atom stereocenters. The lowest BCUT2D eigenvalue weighted by Crippen LogP contribution is -2.08. The van der Waals surface area contributed by atoms with Gasteiger partial charge in [-0.1, -0.05) is 18.2 Å². The minimum absolute atomic E-state index is 0.122. The highest BCUT2D eigenvalue weighted by atomic mass is 16.5. The Morgan fingerprint density at radius 2 is 1.80 bits per heavy atom. The molecule has 3 aromatic rings. The topological polar surface area (TPSA) is 59.4 Å². The van der Waals surface area contributed by atoms with E-state index in [-0.39, 0.29) is 5.75 Å². The Labute approximate surface area is 115 Å². The van der Waals surface area contributed by atoms with E-state index < -0.39 is 5.97 Å². The normalized spacial score (nSPS) is 10.4. The van der Waals surface area contributed by atoms with Crippen LogP contribution in [-0.2, 0) is 0 Å². The molecular weight excluding hydrogens is 254 g/mol. The van der Waals surface area contributed by atoms with Crippen LogP contribution in [0.25, 0.3) is 10.9 Å². The first-order chi connectivity index (χ1) is 9.72. The number of phenolic OH excluding ortho intramolecular Hbond substituents is 1. The van der Waals surface area contributed by atoms with Crippen molar-refractivity contribution >= 4 is 16.9 Å². The van der Waals surface area contributed by atoms with Crippen molar-refractivity contribution in [3.05, 3.63) is 66.4 Å². The molecule has 4 heteroatoms. The monoisotopic (exact) mass is 265 g/mol. The Morgan fingerprint density at radius 1 is 1.05 bits per heavy atom. The van der Waals surface area contributed by atoms with E-state index in [1.54, 1.807) is 6.07 Å². The molecule has 0 saturated carbocycles. The SMILES string of the molecule is O=C(Oc1ccc(O)cc1)c1cnc2ccccc2c1. The van der Waals surface area contributed by atoms with Gasteiger partial charge in [-0.2, -0.15) is 0 Å². The molecule has 4 nitrogen and oxygen atoms in total. The number of nitrogens with zero attached hydrogens (tertiary/aromatic N) is 1. The van der Waals surface area contributed by atoms with Gasteiger partial charge in [0.25, 0.3) is 0 Å². The molecule has 0 atom stereocenters. The van der Waals surface area contributed by atoms with Crippen molar-refractivity contribution < 1.29 is 14.6 Å². The van der Waals surface area contributed by atoms with E-state index in [2.05, 4.69) is 4.98 Å². The molecule has 0 amide bonds. The van der Waals surface area contributed by atoms with Crippen LogP contribution in [0, 0.1) is 0 Å². The van der Waals surface area contributed by atoms with Crippen LogP contribution < -0.4 is 4.74 Å². The fourth-order valence-electron chi connectivity index (χ4n) is 1.86. The number of carbonyl (C=O) groups excluding carboxylic acids is 1. The molecule has 98 valence electrons. The van der Waals surface area contributed by atoms with Gasteiger partial charge in [0.1, 0.15) is 11.5 Å². The van der Waals surface area contributed by atoms with Gasteiger partial charge in [0.15, 0.2) is 0 Å². The van der Waals surface area contributed by atoms with E-state index in [0.717, 1.165) is 10.9 Å². The van der Waals surface area contributed by atoms with E-state index in [0.29, 0.717) is 11.3 Å². The van der Waals surface area contributed by atoms with Crippen LogP contribution >= 0.6 is 0 Å². The highest BCUT2D eigenvalue weighted by Crippen LogP contribution is 2.18. The zero-order valence-electron chi connectivity index (χ0n) is 10.5. The van der Waals surface area contributed by atoms with Crippen molar-refractivity contribution in [2.45, 2.75) is 0 Å². The minimum atomic E-state index is -0.478. The van der Waals surface area contributed by atoms with Gasteiger partial charge in [0.05, 0.1) is 11.1 Å². The fourth-order valence-corrected chi connectivity index (χ4v) is 1.86. The number of aromatic hydroxyl groups is 1. The van der Waals surface area contributed by atoms with Gasteiger partial charge in [-0.3, -0.25) is 4.98 Å². The van der Waals surface area contributed by atoms with Crippen molar-refractivity contribution in [2.24, 2.45) is 0 Å². The minimum Gasteiger partial charge on any atom is -0.508 e. The van der Waals surface area contributed by atoms with Crippen molar-refractivity contribution in [3.63, 3.8) is 0 Å². The maximum absolute atomic E-state index is 12.0. The number of carbonyl (C=O) groups is 1. The molecule has 0 aliphatic carbocycles. The predicted molar refractivity (Wildman–Crippen MR) is 74.8 cm³/mol. The van der Waals surface area contributed by atoms with Crippen LogP contribution in [0.4, 0.5) is 0 Å². The van der Waals surface area contributed by atoms with Gasteiger partial charge in [0.2, 0.25) is 0 Å². The number of benzene rings is 2. The smallest absolute Gasteiger partial charge is 0.345 e. The summed E-state index contributed by atoms with van der Waals surface area (Å²) in [4.78, 5) is 16.2. The zero-order chi connectivity index (χ0) is 13.9. The average molecular weight is 265 g/mol. The van der Waals surface area contributed by atoms with E-state index in [4.69, 9.17) is 4.74 Å². The van der Waals surface area contributed by atoms with Crippen LogP contribution in [0.2, 0.25) is 0 Å². The average Bonchev–Trinajstić information content (AvgIpc) is 2.49. The van der Waals surface area contributed by atoms with Crippen molar-refractivity contribution in [3.8, 4) is 11.5 Å². The number of hydrogen-bond donors (Lipinski definition) is 1. The lowest BCUT2D eigenvalue weighted by molar-refractivity contribution is 0.0734. The van der Waals surface area contributed by atoms with Crippen LogP contribution in [-0.4, -0.2) is 16.1 Å². The second kappa shape index (κ2) is 5.01. The van der Waals surface area contributed by atoms with Crippen molar-refractivity contribution in [1.29, 1.82) is 0 Å². The highest BCUT2D eigenvalue weighted by molar-refractivity contribution is 5.94. The Kier molecular flexibility index (Phi) is 3.05. The second-order valence-electron chi connectivity index (χ2n) is 4.30. The summed E-state index contributed by atoms with van der Waals surface area (Å²) in [6.45, 7) is 0. The second-order valence-corrected chi connectivity index (χ2v) is 4.30. The zero-order valence-corrected chi connectivity index (χ0v) is 10.5. The number of hydrogen-bond acceptors (Lipinski definition) is 4. The van der Waals surface area contributed by atoms with Crippen molar-refractivity contribution in [1.82, 2.24) is 4.98 Å². The molecule has 1 heterocycles. The van der Waals surface area contributed by atoms with Gasteiger partial charge >= 0.3 is 5.97 Å². The quantitative estimate of drug-likeness (QED) is 0.571. The van der Waals surface area contributed by atoms with E-state index in [1.165, 1.54) is 30.5 Å². The van der Waals surface area contributed by atoms with E-state index in [9.17, 15) is 9.90 Å². The Balaban J connectivity index is 1.86. The summed E-state index contributed by atoms with van der Waals surface area (Å²) in [7, 11) is 0. The molecule has 0 aliphatic heterocycles. The lowest BCUT2D eigenvalue weighted by Gasteiger charge is -2.05. The summed E-state index contributed by atoms with van der Waals surface area (Å²) >= 11 is 0. The van der Waals surface area contributed by atoms with Gasteiger partial charge in [0, 0.05) is 11.6 Å². The number of pyridine rings is 1.